The van der Waals surface area contributed by atoms with E-state index in [4.69, 9.17) is 9.26 Å². The second-order valence-corrected chi connectivity index (χ2v) is 7.86. The highest BCUT2D eigenvalue weighted by Crippen LogP contribution is 2.34. The molecule has 2 aliphatic rings. The van der Waals surface area contributed by atoms with Crippen molar-refractivity contribution in [2.24, 2.45) is 5.92 Å². The molecule has 4 rings (SSSR count). The minimum Gasteiger partial charge on any atom is -0.381 e. The van der Waals surface area contributed by atoms with E-state index in [1.807, 2.05) is 0 Å². The Kier molecular flexibility index (Phi) is 5.73. The van der Waals surface area contributed by atoms with Gasteiger partial charge in [0, 0.05) is 31.7 Å². The number of alkyl halides is 3. The van der Waals surface area contributed by atoms with Gasteiger partial charge in [-0.15, -0.1) is 0 Å². The molecule has 2 aromatic rings. The number of anilines is 2. The van der Waals surface area contributed by atoms with Gasteiger partial charge in [-0.25, -0.2) is 0 Å². The van der Waals surface area contributed by atoms with E-state index in [0.29, 0.717) is 31.1 Å². The van der Waals surface area contributed by atoms with Gasteiger partial charge in [-0.2, -0.15) is 13.2 Å². The van der Waals surface area contributed by atoms with E-state index in [-0.39, 0.29) is 23.6 Å². The Bertz CT molecular complexity index is 904. The lowest BCUT2D eigenvalue weighted by molar-refractivity contribution is -0.138. The predicted molar refractivity (Wildman–Crippen MR) is 103 cm³/mol. The molecule has 2 heterocycles. The van der Waals surface area contributed by atoms with Crippen LogP contribution in [0.4, 0.5) is 24.7 Å². The molecule has 0 unspecified atom stereocenters. The van der Waals surface area contributed by atoms with Crippen molar-refractivity contribution in [1.29, 1.82) is 0 Å². The van der Waals surface area contributed by atoms with Crippen LogP contribution >= 0.6 is 0 Å². The molecule has 1 amide bonds. The fourth-order valence-corrected chi connectivity index (χ4v) is 4.21. The summed E-state index contributed by atoms with van der Waals surface area (Å²) in [5, 5.41) is 6.91. The number of hydrogen-bond donors (Lipinski definition) is 1. The largest absolute Gasteiger partial charge is 0.416 e. The fraction of sp³-hybridized carbons (Fsp3) is 0.524. The van der Waals surface area contributed by atoms with Crippen molar-refractivity contribution >= 4 is 17.4 Å². The normalized spacial score (nSPS) is 21.9. The highest BCUT2D eigenvalue weighted by molar-refractivity contribution is 5.79. The lowest BCUT2D eigenvalue weighted by atomic mass is 9.86. The average Bonchev–Trinajstić information content (AvgIpc) is 3.15. The first-order valence-corrected chi connectivity index (χ1v) is 10.1. The lowest BCUT2D eigenvalue weighted by Crippen LogP contribution is -2.41. The Labute approximate surface area is 172 Å². The Morgan fingerprint density at radius 1 is 1.27 bits per heavy atom. The number of amides is 1. The molecule has 1 saturated carbocycles. The molecule has 162 valence electrons. The zero-order valence-corrected chi connectivity index (χ0v) is 16.7. The van der Waals surface area contributed by atoms with E-state index >= 15 is 0 Å². The van der Waals surface area contributed by atoms with E-state index in [1.54, 1.807) is 12.0 Å². The molecule has 1 aromatic carbocycles. The summed E-state index contributed by atoms with van der Waals surface area (Å²) in [5.41, 5.74) is 0.244. The average molecular weight is 423 g/mol. The summed E-state index contributed by atoms with van der Waals surface area (Å²) in [6.07, 6.45) is -0.302. The summed E-state index contributed by atoms with van der Waals surface area (Å²) in [7, 11) is 1.70. The van der Waals surface area contributed by atoms with Gasteiger partial charge >= 0.3 is 6.18 Å². The molecule has 0 bridgehead atoms. The Morgan fingerprint density at radius 2 is 2.03 bits per heavy atom. The minimum absolute atomic E-state index is 0.0160. The van der Waals surface area contributed by atoms with Gasteiger partial charge in [0.1, 0.15) is 5.76 Å². The summed E-state index contributed by atoms with van der Waals surface area (Å²) in [6, 6.07) is 4.92. The van der Waals surface area contributed by atoms with Gasteiger partial charge in [-0.1, -0.05) is 11.2 Å². The summed E-state index contributed by atoms with van der Waals surface area (Å²) in [4.78, 5) is 14.8. The highest BCUT2D eigenvalue weighted by atomic mass is 19.4. The van der Waals surface area contributed by atoms with Crippen LogP contribution in [0, 0.1) is 5.92 Å². The van der Waals surface area contributed by atoms with E-state index in [2.05, 4.69) is 10.5 Å². The lowest BCUT2D eigenvalue weighted by Gasteiger charge is -2.33. The van der Waals surface area contributed by atoms with Crippen LogP contribution < -0.4 is 5.32 Å². The van der Waals surface area contributed by atoms with Crippen molar-refractivity contribution in [3.05, 3.63) is 41.2 Å². The Balaban J connectivity index is 1.46. The first-order valence-electron chi connectivity index (χ1n) is 10.1. The quantitative estimate of drug-likeness (QED) is 0.783. The number of benzene rings is 1. The molecular formula is C21H24F3N3O3. The maximum atomic E-state index is 13.0. The zero-order valence-electron chi connectivity index (χ0n) is 16.7. The molecule has 0 saturated heterocycles. The molecule has 0 radical (unpaired) electrons. The van der Waals surface area contributed by atoms with Crippen LogP contribution in [-0.4, -0.2) is 35.7 Å². The molecule has 0 spiro atoms. The third-order valence-corrected chi connectivity index (χ3v) is 5.95. The van der Waals surface area contributed by atoms with Crippen molar-refractivity contribution in [2.75, 3.05) is 19.0 Å². The SMILES string of the molecule is COC1CCC(C(=O)N2CCc3onc(Nc4cccc(C(F)(F)F)c4)c3C2)CC1. The van der Waals surface area contributed by atoms with Gasteiger partial charge in [-0.3, -0.25) is 4.79 Å². The topological polar surface area (TPSA) is 67.6 Å². The summed E-state index contributed by atoms with van der Waals surface area (Å²) >= 11 is 0. The van der Waals surface area contributed by atoms with E-state index in [1.165, 1.54) is 12.1 Å². The number of halogens is 3. The van der Waals surface area contributed by atoms with Crippen molar-refractivity contribution < 1.29 is 27.2 Å². The second kappa shape index (κ2) is 8.29. The number of fused-ring (bicyclic) bond motifs is 1. The molecule has 6 nitrogen and oxygen atoms in total. The van der Waals surface area contributed by atoms with Crippen molar-refractivity contribution in [2.45, 2.75) is 50.9 Å². The summed E-state index contributed by atoms with van der Waals surface area (Å²) in [5.74, 6) is 1.11. The monoisotopic (exact) mass is 423 g/mol. The van der Waals surface area contributed by atoms with Crippen LogP contribution in [0.3, 0.4) is 0 Å². The minimum atomic E-state index is -4.42. The third-order valence-electron chi connectivity index (χ3n) is 5.95. The van der Waals surface area contributed by atoms with Crippen LogP contribution in [0.5, 0.6) is 0 Å². The van der Waals surface area contributed by atoms with Crippen molar-refractivity contribution in [1.82, 2.24) is 10.1 Å². The molecule has 0 atom stereocenters. The maximum absolute atomic E-state index is 13.0. The van der Waals surface area contributed by atoms with Crippen molar-refractivity contribution in [3.8, 4) is 0 Å². The van der Waals surface area contributed by atoms with Crippen LogP contribution in [0.1, 0.15) is 42.6 Å². The number of hydrogen-bond acceptors (Lipinski definition) is 5. The van der Waals surface area contributed by atoms with Crippen LogP contribution in [0.2, 0.25) is 0 Å². The molecule has 1 N–H and O–H groups in total. The van der Waals surface area contributed by atoms with Gasteiger partial charge < -0.3 is 19.5 Å². The number of carbonyl (C=O) groups is 1. The number of ether oxygens (including phenoxy) is 1. The Morgan fingerprint density at radius 3 is 2.73 bits per heavy atom. The smallest absolute Gasteiger partial charge is 0.381 e. The first kappa shape index (κ1) is 20.7. The number of carbonyl (C=O) groups excluding carboxylic acids is 1. The summed E-state index contributed by atoms with van der Waals surface area (Å²) < 4.78 is 49.7. The number of methoxy groups -OCH3 is 1. The van der Waals surface area contributed by atoms with Crippen molar-refractivity contribution in [3.63, 3.8) is 0 Å². The molecule has 1 aliphatic heterocycles. The first-order chi connectivity index (χ1) is 14.3. The zero-order chi connectivity index (χ0) is 21.3. The van der Waals surface area contributed by atoms with E-state index in [0.717, 1.165) is 43.4 Å². The molecule has 1 aromatic heterocycles. The number of nitrogens with zero attached hydrogens (tertiary/aromatic N) is 2. The summed E-state index contributed by atoms with van der Waals surface area (Å²) in [6.45, 7) is 0.886. The predicted octanol–water partition coefficient (Wildman–Crippen LogP) is 4.53. The standard InChI is InChI=1S/C21H24F3N3O3/c1-29-16-7-5-13(6-8-16)20(28)27-10-9-18-17(12-27)19(26-30-18)25-15-4-2-3-14(11-15)21(22,23)24/h2-4,11,13,16H,5-10,12H2,1H3,(H,25,26). The molecule has 1 fully saturated rings. The number of rotatable bonds is 4. The van der Waals surface area contributed by atoms with Gasteiger partial charge in [0.25, 0.3) is 0 Å². The van der Waals surface area contributed by atoms with Gasteiger partial charge in [0.2, 0.25) is 5.91 Å². The Hall–Kier alpha value is -2.55. The van der Waals surface area contributed by atoms with Crippen LogP contribution in [0.25, 0.3) is 0 Å². The number of aromatic nitrogens is 1. The second-order valence-electron chi connectivity index (χ2n) is 7.86. The van der Waals surface area contributed by atoms with Gasteiger partial charge in [0.05, 0.1) is 23.8 Å². The number of nitrogens with one attached hydrogen (secondary N) is 1. The van der Waals surface area contributed by atoms with Crippen LogP contribution in [0.15, 0.2) is 28.8 Å². The fourth-order valence-electron chi connectivity index (χ4n) is 4.21. The third kappa shape index (κ3) is 4.30. The molecule has 1 aliphatic carbocycles. The van der Waals surface area contributed by atoms with Gasteiger partial charge in [0.15, 0.2) is 5.82 Å². The molecule has 30 heavy (non-hydrogen) atoms. The maximum Gasteiger partial charge on any atom is 0.416 e. The van der Waals surface area contributed by atoms with E-state index in [9.17, 15) is 18.0 Å². The van der Waals surface area contributed by atoms with Gasteiger partial charge in [-0.05, 0) is 43.9 Å². The molecule has 9 heteroatoms. The highest BCUT2D eigenvalue weighted by Gasteiger charge is 2.34. The van der Waals surface area contributed by atoms with E-state index < -0.39 is 11.7 Å². The molecular weight excluding hydrogens is 399 g/mol. The van der Waals surface area contributed by atoms with Crippen LogP contribution in [-0.2, 0) is 28.7 Å².